The number of nitrogens with zero attached hydrogens (tertiary/aromatic N) is 1. The molecule has 3 aromatic rings. The van der Waals surface area contributed by atoms with Crippen LogP contribution in [0.2, 0.25) is 10.0 Å². The zero-order valence-electron chi connectivity index (χ0n) is 15.5. The smallest absolute Gasteiger partial charge is 0.266 e. The minimum atomic E-state index is -3.93. The van der Waals surface area contributed by atoms with E-state index in [1.165, 1.54) is 22.5 Å². The van der Waals surface area contributed by atoms with Crippen LogP contribution in [-0.2, 0) is 16.6 Å². The van der Waals surface area contributed by atoms with Gasteiger partial charge in [0.15, 0.2) is 0 Å². The summed E-state index contributed by atoms with van der Waals surface area (Å²) in [6.45, 7) is 4.17. The molecule has 0 aromatic heterocycles. The Morgan fingerprint density at radius 3 is 2.31 bits per heavy atom. The Bertz CT molecular complexity index is 1080. The molecule has 29 heavy (non-hydrogen) atoms. The van der Waals surface area contributed by atoms with Crippen LogP contribution in [0.4, 0.5) is 5.69 Å². The molecule has 7 heteroatoms. The van der Waals surface area contributed by atoms with E-state index in [2.05, 4.69) is 6.58 Å². The second-order valence-corrected chi connectivity index (χ2v) is 8.84. The molecule has 0 saturated heterocycles. The molecule has 0 heterocycles. The van der Waals surface area contributed by atoms with Crippen LogP contribution in [-0.4, -0.2) is 15.0 Å². The van der Waals surface area contributed by atoms with Crippen LogP contribution < -0.4 is 9.04 Å². The van der Waals surface area contributed by atoms with E-state index in [1.807, 2.05) is 30.3 Å². The quantitative estimate of drug-likeness (QED) is 0.400. The van der Waals surface area contributed by atoms with Crippen molar-refractivity contribution >= 4 is 38.9 Å². The number of hydrogen-bond donors (Lipinski definition) is 0. The van der Waals surface area contributed by atoms with E-state index in [-0.39, 0.29) is 21.5 Å². The van der Waals surface area contributed by atoms with E-state index in [0.29, 0.717) is 18.0 Å². The van der Waals surface area contributed by atoms with E-state index >= 15 is 0 Å². The molecule has 4 nitrogen and oxygen atoms in total. The van der Waals surface area contributed by atoms with E-state index in [4.69, 9.17) is 27.9 Å². The fourth-order valence-corrected chi connectivity index (χ4v) is 4.88. The van der Waals surface area contributed by atoms with Gasteiger partial charge in [0.25, 0.3) is 10.0 Å². The second-order valence-electron chi connectivity index (χ2n) is 6.17. The van der Waals surface area contributed by atoms with Crippen molar-refractivity contribution in [3.63, 3.8) is 0 Å². The Morgan fingerprint density at radius 1 is 0.966 bits per heavy atom. The first-order valence-electron chi connectivity index (χ1n) is 8.77. The normalized spacial score (nSPS) is 11.1. The Kier molecular flexibility index (Phi) is 6.85. The monoisotopic (exact) mass is 447 g/mol. The van der Waals surface area contributed by atoms with Crippen molar-refractivity contribution in [1.29, 1.82) is 0 Å². The van der Waals surface area contributed by atoms with Crippen LogP contribution in [0.25, 0.3) is 0 Å². The minimum absolute atomic E-state index is 0.0575. The number of ether oxygens (including phenoxy) is 1. The number of benzene rings is 3. The third-order valence-corrected chi connectivity index (χ3v) is 6.64. The van der Waals surface area contributed by atoms with Gasteiger partial charge in [0.05, 0.1) is 17.3 Å². The van der Waals surface area contributed by atoms with Crippen molar-refractivity contribution in [3.05, 3.63) is 101 Å². The first kappa shape index (κ1) is 21.2. The molecule has 0 N–H and O–H groups in total. The van der Waals surface area contributed by atoms with E-state index in [1.54, 1.807) is 30.3 Å². The summed E-state index contributed by atoms with van der Waals surface area (Å²) >= 11 is 12.1. The Balaban J connectivity index is 1.85. The summed E-state index contributed by atoms with van der Waals surface area (Å²) in [4.78, 5) is -0.0575. The lowest BCUT2D eigenvalue weighted by Crippen LogP contribution is -2.31. The maximum atomic E-state index is 13.2. The number of halogens is 2. The van der Waals surface area contributed by atoms with Crippen LogP contribution in [0.5, 0.6) is 5.75 Å². The van der Waals surface area contributed by atoms with Gasteiger partial charge >= 0.3 is 0 Å². The molecule has 0 atom stereocenters. The van der Waals surface area contributed by atoms with Gasteiger partial charge in [-0.25, -0.2) is 8.42 Å². The molecule has 0 aliphatic heterocycles. The predicted molar refractivity (Wildman–Crippen MR) is 118 cm³/mol. The van der Waals surface area contributed by atoms with Gasteiger partial charge in [-0.1, -0.05) is 59.6 Å². The molecular weight excluding hydrogens is 429 g/mol. The Morgan fingerprint density at radius 2 is 1.66 bits per heavy atom. The predicted octanol–water partition coefficient (Wildman–Crippen LogP) is 5.95. The first-order valence-corrected chi connectivity index (χ1v) is 11.0. The van der Waals surface area contributed by atoms with Crippen molar-refractivity contribution in [3.8, 4) is 5.75 Å². The van der Waals surface area contributed by atoms with Gasteiger partial charge in [0, 0.05) is 5.02 Å². The average Bonchev–Trinajstić information content (AvgIpc) is 2.73. The summed E-state index contributed by atoms with van der Waals surface area (Å²) in [7, 11) is -3.93. The summed E-state index contributed by atoms with van der Waals surface area (Å²) < 4.78 is 33.4. The van der Waals surface area contributed by atoms with E-state index in [0.717, 1.165) is 5.56 Å². The number of rotatable bonds is 8. The van der Waals surface area contributed by atoms with Gasteiger partial charge < -0.3 is 4.74 Å². The number of hydrogen-bond acceptors (Lipinski definition) is 3. The molecule has 150 valence electrons. The number of anilines is 1. The van der Waals surface area contributed by atoms with Crippen molar-refractivity contribution in [2.24, 2.45) is 0 Å². The average molecular weight is 448 g/mol. The summed E-state index contributed by atoms with van der Waals surface area (Å²) in [6, 6.07) is 20.9. The molecular formula is C22H19Cl2NO3S. The first-order chi connectivity index (χ1) is 13.9. The molecule has 0 saturated carbocycles. The highest BCUT2D eigenvalue weighted by Gasteiger charge is 2.26. The molecule has 0 unspecified atom stereocenters. The highest BCUT2D eigenvalue weighted by atomic mass is 35.5. The molecule has 3 rings (SSSR count). The van der Waals surface area contributed by atoms with Crippen LogP contribution in [0.1, 0.15) is 5.56 Å². The lowest BCUT2D eigenvalue weighted by atomic mass is 10.2. The summed E-state index contributed by atoms with van der Waals surface area (Å²) in [5.41, 5.74) is 1.51. The van der Waals surface area contributed by atoms with Gasteiger partial charge in [0.2, 0.25) is 0 Å². The zero-order valence-corrected chi connectivity index (χ0v) is 17.8. The van der Waals surface area contributed by atoms with Crippen molar-refractivity contribution in [1.82, 2.24) is 0 Å². The standard InChI is InChI=1S/C22H19Cl2NO3S/c1-2-14-25(29(26,27)22-15-18(23)8-13-21(22)24)19-9-11-20(12-10-19)28-16-17-6-4-3-5-7-17/h2-13,15H,1,14,16H2. The van der Waals surface area contributed by atoms with Gasteiger partial charge in [-0.15, -0.1) is 6.58 Å². The molecule has 0 bridgehead atoms. The fourth-order valence-electron chi connectivity index (χ4n) is 2.70. The lowest BCUT2D eigenvalue weighted by Gasteiger charge is -2.24. The highest BCUT2D eigenvalue weighted by Crippen LogP contribution is 2.31. The van der Waals surface area contributed by atoms with Gasteiger partial charge in [-0.05, 0) is 48.0 Å². The van der Waals surface area contributed by atoms with E-state index < -0.39 is 10.0 Å². The van der Waals surface area contributed by atoms with Crippen molar-refractivity contribution < 1.29 is 13.2 Å². The van der Waals surface area contributed by atoms with Gasteiger partial charge in [0.1, 0.15) is 17.3 Å². The van der Waals surface area contributed by atoms with Gasteiger partial charge in [-0.3, -0.25) is 4.31 Å². The molecule has 3 aromatic carbocycles. The third kappa shape index (κ3) is 5.12. The van der Waals surface area contributed by atoms with Gasteiger partial charge in [-0.2, -0.15) is 0 Å². The molecule has 0 amide bonds. The SMILES string of the molecule is C=CCN(c1ccc(OCc2ccccc2)cc1)S(=O)(=O)c1cc(Cl)ccc1Cl. The summed E-state index contributed by atoms with van der Waals surface area (Å²) in [5.74, 6) is 0.634. The van der Waals surface area contributed by atoms with Crippen LogP contribution >= 0.6 is 23.2 Å². The molecule has 0 aliphatic rings. The highest BCUT2D eigenvalue weighted by molar-refractivity contribution is 7.93. The van der Waals surface area contributed by atoms with E-state index in [9.17, 15) is 8.42 Å². The molecule has 0 spiro atoms. The number of sulfonamides is 1. The summed E-state index contributed by atoms with van der Waals surface area (Å²) in [5, 5.41) is 0.391. The van der Waals surface area contributed by atoms with Crippen LogP contribution in [0, 0.1) is 0 Å². The van der Waals surface area contributed by atoms with Crippen LogP contribution in [0.15, 0.2) is 90.3 Å². The maximum absolute atomic E-state index is 13.2. The topological polar surface area (TPSA) is 46.6 Å². The Labute approximate surface area is 181 Å². The molecule has 0 radical (unpaired) electrons. The van der Waals surface area contributed by atoms with Crippen LogP contribution in [0.3, 0.4) is 0 Å². The summed E-state index contributed by atoms with van der Waals surface area (Å²) in [6.07, 6.45) is 1.51. The fraction of sp³-hybridized carbons (Fsp3) is 0.0909. The molecule has 0 fully saturated rings. The largest absolute Gasteiger partial charge is 0.489 e. The molecule has 0 aliphatic carbocycles. The van der Waals surface area contributed by atoms with Crippen molar-refractivity contribution in [2.75, 3.05) is 10.8 Å². The lowest BCUT2D eigenvalue weighted by molar-refractivity contribution is 0.306. The Hall–Kier alpha value is -2.47. The second kappa shape index (κ2) is 9.35. The minimum Gasteiger partial charge on any atom is -0.489 e. The maximum Gasteiger partial charge on any atom is 0.266 e. The van der Waals surface area contributed by atoms with Crippen molar-refractivity contribution in [2.45, 2.75) is 11.5 Å². The zero-order chi connectivity index (χ0) is 20.9. The third-order valence-electron chi connectivity index (χ3n) is 4.13.